The van der Waals surface area contributed by atoms with Crippen LogP contribution in [0.1, 0.15) is 30.5 Å². The molecule has 8 nitrogen and oxygen atoms in total. The fraction of sp³-hybridized carbons (Fsp3) is 0.235. The van der Waals surface area contributed by atoms with Crippen LogP contribution in [0.5, 0.6) is 5.75 Å². The van der Waals surface area contributed by atoms with Crippen molar-refractivity contribution >= 4 is 27.6 Å². The number of halogens is 3. The van der Waals surface area contributed by atoms with Crippen molar-refractivity contribution in [3.05, 3.63) is 114 Å². The molecule has 12 heteroatoms. The maximum atomic E-state index is 14.0. The molecule has 0 aliphatic carbocycles. The van der Waals surface area contributed by atoms with Gasteiger partial charge in [-0.2, -0.15) is 13.2 Å². The van der Waals surface area contributed by atoms with E-state index < -0.39 is 45.1 Å². The molecular weight excluding hydrogens is 621 g/mol. The van der Waals surface area contributed by atoms with E-state index in [1.54, 1.807) is 62.4 Å². The van der Waals surface area contributed by atoms with Gasteiger partial charge in [0.15, 0.2) is 0 Å². The number of aliphatic carboxylic acids is 1. The standard InChI is InChI=1S/C34H31F3N2O6S/c1-33(2,32(41)42)21-45-25-15-11-22(12-16-25)20-38-31(40)30-19-24-7-3-6-10-29(24)39(30)46(43,44)26-17-13-23(14-18-26)27-8-4-5-9-28(27)34(35,36)37/h3-18,30H,19-21H2,1-2H3,(H,38,40)(H,41,42)/t30-/m0/s1. The highest BCUT2D eigenvalue weighted by atomic mass is 32.2. The van der Waals surface area contributed by atoms with E-state index in [-0.39, 0.29) is 35.6 Å². The van der Waals surface area contributed by atoms with Gasteiger partial charge in [0, 0.05) is 13.0 Å². The lowest BCUT2D eigenvalue weighted by Crippen LogP contribution is -2.47. The number of sulfonamides is 1. The second-order valence-electron chi connectivity index (χ2n) is 11.6. The number of hydrogen-bond donors (Lipinski definition) is 2. The van der Waals surface area contributed by atoms with Gasteiger partial charge in [-0.15, -0.1) is 0 Å². The summed E-state index contributed by atoms with van der Waals surface area (Å²) in [5, 5.41) is 12.1. The summed E-state index contributed by atoms with van der Waals surface area (Å²) >= 11 is 0. The van der Waals surface area contributed by atoms with Crippen molar-refractivity contribution in [3.63, 3.8) is 0 Å². The molecule has 0 spiro atoms. The van der Waals surface area contributed by atoms with Crippen molar-refractivity contribution in [1.29, 1.82) is 0 Å². The van der Waals surface area contributed by atoms with Crippen molar-refractivity contribution in [3.8, 4) is 16.9 Å². The van der Waals surface area contributed by atoms with Crippen molar-refractivity contribution < 1.29 is 41.0 Å². The van der Waals surface area contributed by atoms with E-state index in [4.69, 9.17) is 4.74 Å². The van der Waals surface area contributed by atoms with Crippen LogP contribution >= 0.6 is 0 Å². The van der Waals surface area contributed by atoms with Crippen LogP contribution in [-0.4, -0.2) is 38.0 Å². The molecule has 46 heavy (non-hydrogen) atoms. The smallest absolute Gasteiger partial charge is 0.417 e. The average Bonchev–Trinajstić information content (AvgIpc) is 3.44. The monoisotopic (exact) mass is 652 g/mol. The molecule has 1 atom stereocenters. The van der Waals surface area contributed by atoms with E-state index >= 15 is 0 Å². The van der Waals surface area contributed by atoms with Crippen LogP contribution in [0.4, 0.5) is 18.9 Å². The third-order valence-corrected chi connectivity index (χ3v) is 9.59. The second kappa shape index (κ2) is 12.5. The minimum Gasteiger partial charge on any atom is -0.492 e. The fourth-order valence-corrected chi connectivity index (χ4v) is 6.74. The predicted octanol–water partition coefficient (Wildman–Crippen LogP) is 6.30. The molecule has 0 saturated heterocycles. The van der Waals surface area contributed by atoms with E-state index in [0.29, 0.717) is 22.6 Å². The number of para-hydroxylation sites is 1. The molecule has 4 aromatic rings. The highest BCUT2D eigenvalue weighted by molar-refractivity contribution is 7.93. The quantitative estimate of drug-likeness (QED) is 0.208. The van der Waals surface area contributed by atoms with E-state index in [0.717, 1.165) is 10.4 Å². The predicted molar refractivity (Wildman–Crippen MR) is 166 cm³/mol. The van der Waals surface area contributed by atoms with Crippen molar-refractivity contribution in [1.82, 2.24) is 5.32 Å². The van der Waals surface area contributed by atoms with E-state index in [1.165, 1.54) is 42.5 Å². The summed E-state index contributed by atoms with van der Waals surface area (Å²) in [4.78, 5) is 24.6. The largest absolute Gasteiger partial charge is 0.492 e. The number of amides is 1. The van der Waals surface area contributed by atoms with Gasteiger partial charge in [-0.25, -0.2) is 8.42 Å². The first-order valence-corrected chi connectivity index (χ1v) is 15.7. The number of carbonyl (C=O) groups excluding carboxylic acids is 1. The molecule has 0 radical (unpaired) electrons. The summed E-state index contributed by atoms with van der Waals surface area (Å²) in [7, 11) is -4.30. The maximum Gasteiger partial charge on any atom is 0.417 e. The lowest BCUT2D eigenvalue weighted by molar-refractivity contribution is -0.148. The van der Waals surface area contributed by atoms with E-state index in [1.807, 2.05) is 0 Å². The van der Waals surface area contributed by atoms with Crippen LogP contribution < -0.4 is 14.4 Å². The zero-order valence-corrected chi connectivity index (χ0v) is 25.7. The minimum absolute atomic E-state index is 0.0332. The lowest BCUT2D eigenvalue weighted by Gasteiger charge is -2.26. The molecule has 5 rings (SSSR count). The molecular formula is C34H31F3N2O6S. The van der Waals surface area contributed by atoms with E-state index in [2.05, 4.69) is 5.32 Å². The Labute approximate surface area is 264 Å². The molecule has 1 aliphatic rings. The number of anilines is 1. The third-order valence-electron chi connectivity index (χ3n) is 7.75. The Kier molecular flexibility index (Phi) is 8.85. The Bertz CT molecular complexity index is 1860. The Morgan fingerprint density at radius 3 is 2.20 bits per heavy atom. The zero-order valence-electron chi connectivity index (χ0n) is 24.9. The first-order valence-electron chi connectivity index (χ1n) is 14.3. The molecule has 240 valence electrons. The van der Waals surface area contributed by atoms with Gasteiger partial charge >= 0.3 is 12.1 Å². The van der Waals surface area contributed by atoms with Gasteiger partial charge in [0.1, 0.15) is 18.4 Å². The van der Waals surface area contributed by atoms with Gasteiger partial charge in [0.25, 0.3) is 10.0 Å². The SMILES string of the molecule is CC(C)(COc1ccc(CNC(=O)[C@@H]2Cc3ccccc3N2S(=O)(=O)c2ccc(-c3ccccc3C(F)(F)F)cc2)cc1)C(=O)O. The zero-order chi connectivity index (χ0) is 33.3. The lowest BCUT2D eigenvalue weighted by atomic mass is 9.95. The average molecular weight is 653 g/mol. The highest BCUT2D eigenvalue weighted by Crippen LogP contribution is 2.39. The van der Waals surface area contributed by atoms with Crippen molar-refractivity contribution in [2.24, 2.45) is 5.41 Å². The summed E-state index contributed by atoms with van der Waals surface area (Å²) in [6, 6.07) is 22.6. The van der Waals surface area contributed by atoms with Crippen LogP contribution in [0, 0.1) is 5.41 Å². The Hall–Kier alpha value is -4.84. The molecule has 2 N–H and O–H groups in total. The molecule has 0 fully saturated rings. The molecule has 1 aliphatic heterocycles. The number of carboxylic acids is 1. The number of rotatable bonds is 10. The van der Waals surface area contributed by atoms with Gasteiger partial charge in [-0.1, -0.05) is 60.7 Å². The highest BCUT2D eigenvalue weighted by Gasteiger charge is 2.42. The number of ether oxygens (including phenoxy) is 1. The number of benzene rings is 4. The van der Waals surface area contributed by atoms with Gasteiger partial charge in [-0.05, 0) is 72.5 Å². The maximum absolute atomic E-state index is 14.0. The molecule has 0 bridgehead atoms. The Balaban J connectivity index is 1.34. The van der Waals surface area contributed by atoms with Gasteiger partial charge in [0.2, 0.25) is 5.91 Å². The molecule has 0 aromatic heterocycles. The summed E-state index contributed by atoms with van der Waals surface area (Å²) < 4.78 is 75.4. The number of carboxylic acid groups (broad SMARTS) is 1. The first-order chi connectivity index (χ1) is 21.7. The van der Waals surface area contributed by atoms with Crippen molar-refractivity contribution in [2.75, 3.05) is 10.9 Å². The van der Waals surface area contributed by atoms with Crippen LogP contribution in [0.2, 0.25) is 0 Å². The number of nitrogens with zero attached hydrogens (tertiary/aromatic N) is 1. The van der Waals surface area contributed by atoms with E-state index in [9.17, 15) is 36.3 Å². The number of nitrogens with one attached hydrogen (secondary N) is 1. The minimum atomic E-state index is -4.59. The summed E-state index contributed by atoms with van der Waals surface area (Å²) in [5.41, 5.74) is -0.0692. The number of carbonyl (C=O) groups is 2. The number of alkyl halides is 3. The molecule has 4 aromatic carbocycles. The van der Waals surface area contributed by atoms with Gasteiger partial charge in [-0.3, -0.25) is 13.9 Å². The third kappa shape index (κ3) is 6.71. The van der Waals surface area contributed by atoms with Crippen LogP contribution in [0.25, 0.3) is 11.1 Å². The van der Waals surface area contributed by atoms with Crippen LogP contribution in [0.15, 0.2) is 102 Å². The number of fused-ring (bicyclic) bond motifs is 1. The molecule has 0 saturated carbocycles. The second-order valence-corrected chi connectivity index (χ2v) is 13.4. The van der Waals surface area contributed by atoms with Gasteiger partial charge in [0.05, 0.1) is 21.6 Å². The Morgan fingerprint density at radius 2 is 1.54 bits per heavy atom. The Morgan fingerprint density at radius 1 is 0.913 bits per heavy atom. The molecule has 1 heterocycles. The summed E-state index contributed by atoms with van der Waals surface area (Å²) in [6.45, 7) is 3.16. The molecule has 0 unspecified atom stereocenters. The number of hydrogen-bond acceptors (Lipinski definition) is 5. The normalized spacial score (nSPS) is 14.9. The van der Waals surface area contributed by atoms with Gasteiger partial charge < -0.3 is 15.2 Å². The summed E-state index contributed by atoms with van der Waals surface area (Å²) in [5.74, 6) is -1.06. The van der Waals surface area contributed by atoms with Crippen LogP contribution in [0.3, 0.4) is 0 Å². The topological polar surface area (TPSA) is 113 Å². The van der Waals surface area contributed by atoms with Crippen LogP contribution in [-0.2, 0) is 38.8 Å². The first kappa shape index (κ1) is 32.6. The molecule has 1 amide bonds. The summed E-state index contributed by atoms with van der Waals surface area (Å²) in [6.07, 6.45) is -4.46. The fourth-order valence-electron chi connectivity index (χ4n) is 5.09. The van der Waals surface area contributed by atoms with Crippen molar-refractivity contribution in [2.45, 2.75) is 43.9 Å².